The van der Waals surface area contributed by atoms with E-state index in [4.69, 9.17) is 4.74 Å². The molecule has 156 valence electrons. The predicted molar refractivity (Wildman–Crippen MR) is 117 cm³/mol. The molecule has 0 aliphatic heterocycles. The summed E-state index contributed by atoms with van der Waals surface area (Å²) in [6.07, 6.45) is 3.59. The molecule has 30 heavy (non-hydrogen) atoms. The first kappa shape index (κ1) is 21.4. The topological polar surface area (TPSA) is 120 Å². The molecule has 0 radical (unpaired) electrons. The summed E-state index contributed by atoms with van der Waals surface area (Å²) in [7, 11) is 1.29. The Bertz CT molecular complexity index is 1210. The number of aryl methyl sites for hydroxylation is 1. The maximum atomic E-state index is 13.1. The van der Waals surface area contributed by atoms with Crippen molar-refractivity contribution in [1.82, 2.24) is 9.66 Å². The van der Waals surface area contributed by atoms with Crippen LogP contribution in [0.1, 0.15) is 31.2 Å². The van der Waals surface area contributed by atoms with E-state index in [9.17, 15) is 20.0 Å². The van der Waals surface area contributed by atoms with Crippen LogP contribution in [0.25, 0.3) is 10.9 Å². The highest BCUT2D eigenvalue weighted by Gasteiger charge is 2.19. The average molecular weight is 475 g/mol. The number of halogens is 1. The van der Waals surface area contributed by atoms with Crippen molar-refractivity contribution in [1.29, 1.82) is 0 Å². The van der Waals surface area contributed by atoms with Gasteiger partial charge in [0.15, 0.2) is 5.75 Å². The Labute approximate surface area is 179 Å². The van der Waals surface area contributed by atoms with Crippen molar-refractivity contribution in [2.75, 3.05) is 7.11 Å². The van der Waals surface area contributed by atoms with Crippen LogP contribution in [0.5, 0.6) is 11.5 Å². The van der Waals surface area contributed by atoms with Gasteiger partial charge in [0.05, 0.1) is 29.2 Å². The monoisotopic (exact) mass is 474 g/mol. The van der Waals surface area contributed by atoms with Gasteiger partial charge >= 0.3 is 5.69 Å². The number of nitro groups is 1. The molecule has 10 heteroatoms. The van der Waals surface area contributed by atoms with Crippen LogP contribution in [0, 0.1) is 10.1 Å². The van der Waals surface area contributed by atoms with E-state index in [1.165, 1.54) is 24.1 Å². The number of unbranched alkanes of at least 4 members (excludes halogenated alkanes) is 1. The van der Waals surface area contributed by atoms with Gasteiger partial charge in [-0.1, -0.05) is 29.3 Å². The third kappa shape index (κ3) is 4.33. The minimum absolute atomic E-state index is 0.0650. The molecule has 0 fully saturated rings. The molecule has 0 aliphatic rings. The Balaban J connectivity index is 2.15. The lowest BCUT2D eigenvalue weighted by atomic mass is 10.2. The van der Waals surface area contributed by atoms with Crippen molar-refractivity contribution in [3.8, 4) is 11.5 Å². The number of methoxy groups -OCH3 is 1. The average Bonchev–Trinajstić information content (AvgIpc) is 2.72. The molecule has 0 atom stereocenters. The van der Waals surface area contributed by atoms with Crippen LogP contribution in [-0.4, -0.2) is 33.0 Å². The third-order valence-corrected chi connectivity index (χ3v) is 4.94. The molecule has 0 unspecified atom stereocenters. The van der Waals surface area contributed by atoms with Crippen molar-refractivity contribution in [2.24, 2.45) is 5.10 Å². The first-order valence-electron chi connectivity index (χ1n) is 9.16. The lowest BCUT2D eigenvalue weighted by molar-refractivity contribution is -0.386. The molecule has 1 heterocycles. The van der Waals surface area contributed by atoms with Gasteiger partial charge in [-0.2, -0.15) is 9.78 Å². The lowest BCUT2D eigenvalue weighted by Gasteiger charge is -2.09. The zero-order chi connectivity index (χ0) is 21.8. The van der Waals surface area contributed by atoms with Gasteiger partial charge in [-0.05, 0) is 30.7 Å². The number of phenolic OH excluding ortho intramolecular Hbond substituents is 1. The Kier molecular flexibility index (Phi) is 6.46. The number of nitrogens with zero attached hydrogens (tertiary/aromatic N) is 4. The molecule has 1 aromatic heterocycles. The summed E-state index contributed by atoms with van der Waals surface area (Å²) in [6, 6.07) is 7.80. The van der Waals surface area contributed by atoms with Gasteiger partial charge in [0.2, 0.25) is 5.75 Å². The van der Waals surface area contributed by atoms with Gasteiger partial charge in [-0.15, -0.1) is 0 Å². The Morgan fingerprint density at radius 1 is 1.37 bits per heavy atom. The van der Waals surface area contributed by atoms with E-state index in [-0.39, 0.29) is 11.3 Å². The highest BCUT2D eigenvalue weighted by molar-refractivity contribution is 9.10. The number of aromatic nitrogens is 2. The molecule has 0 bridgehead atoms. The first-order valence-corrected chi connectivity index (χ1v) is 9.96. The largest absolute Gasteiger partial charge is 0.500 e. The molecule has 1 N–H and O–H groups in total. The van der Waals surface area contributed by atoms with Crippen LogP contribution in [0.4, 0.5) is 5.69 Å². The summed E-state index contributed by atoms with van der Waals surface area (Å²) >= 11 is 3.36. The molecule has 0 spiro atoms. The minimum Gasteiger partial charge on any atom is -0.500 e. The number of fused-ring (bicyclic) bond motifs is 1. The molecule has 0 saturated heterocycles. The van der Waals surface area contributed by atoms with Crippen LogP contribution in [-0.2, 0) is 6.42 Å². The van der Waals surface area contributed by atoms with Crippen LogP contribution >= 0.6 is 15.9 Å². The van der Waals surface area contributed by atoms with Crippen molar-refractivity contribution in [2.45, 2.75) is 26.2 Å². The van der Waals surface area contributed by atoms with Gasteiger partial charge in [0, 0.05) is 22.5 Å². The van der Waals surface area contributed by atoms with Crippen molar-refractivity contribution in [3.05, 3.63) is 66.7 Å². The predicted octanol–water partition coefficient (Wildman–Crippen LogP) is 4.01. The number of hydrogen-bond acceptors (Lipinski definition) is 7. The maximum absolute atomic E-state index is 13.1. The zero-order valence-corrected chi connectivity index (χ0v) is 17.9. The molecule has 0 aliphatic carbocycles. The van der Waals surface area contributed by atoms with Crippen LogP contribution in [0.3, 0.4) is 0 Å². The van der Waals surface area contributed by atoms with Gasteiger partial charge in [-0.3, -0.25) is 14.9 Å². The quantitative estimate of drug-likeness (QED) is 0.313. The van der Waals surface area contributed by atoms with E-state index in [1.54, 1.807) is 12.1 Å². The fraction of sp³-hybridized carbons (Fsp3) is 0.250. The molecule has 0 saturated carbocycles. The number of phenols is 1. The van der Waals surface area contributed by atoms with E-state index >= 15 is 0 Å². The van der Waals surface area contributed by atoms with E-state index in [2.05, 4.69) is 26.0 Å². The highest BCUT2D eigenvalue weighted by Crippen LogP contribution is 2.36. The summed E-state index contributed by atoms with van der Waals surface area (Å²) < 4.78 is 6.94. The maximum Gasteiger partial charge on any atom is 0.315 e. The van der Waals surface area contributed by atoms with E-state index in [0.29, 0.717) is 28.7 Å². The summed E-state index contributed by atoms with van der Waals surface area (Å²) in [5.41, 5.74) is 0.000501. The van der Waals surface area contributed by atoms with Gasteiger partial charge in [-0.25, -0.2) is 4.98 Å². The van der Waals surface area contributed by atoms with Crippen LogP contribution in [0.15, 0.2) is 44.7 Å². The summed E-state index contributed by atoms with van der Waals surface area (Å²) in [6.45, 7) is 2.03. The fourth-order valence-corrected chi connectivity index (χ4v) is 3.28. The number of nitro benzene ring substituents is 1. The van der Waals surface area contributed by atoms with E-state index in [1.807, 2.05) is 13.0 Å². The minimum atomic E-state index is -0.719. The Hall–Kier alpha value is -3.27. The van der Waals surface area contributed by atoms with Crippen molar-refractivity contribution < 1.29 is 14.8 Å². The number of rotatable bonds is 7. The summed E-state index contributed by atoms with van der Waals surface area (Å²) in [5.74, 6) is -0.143. The normalized spacial score (nSPS) is 11.3. The molecule has 3 rings (SSSR count). The molecular weight excluding hydrogens is 456 g/mol. The first-order chi connectivity index (χ1) is 14.3. The van der Waals surface area contributed by atoms with Crippen molar-refractivity contribution in [3.63, 3.8) is 0 Å². The summed E-state index contributed by atoms with van der Waals surface area (Å²) in [4.78, 5) is 28.1. The number of ether oxygens (including phenoxy) is 1. The number of benzene rings is 2. The second kappa shape index (κ2) is 9.04. The van der Waals surface area contributed by atoms with Gasteiger partial charge in [0.1, 0.15) is 5.82 Å². The third-order valence-electron chi connectivity index (χ3n) is 4.45. The Morgan fingerprint density at radius 3 is 2.80 bits per heavy atom. The number of hydrogen-bond donors (Lipinski definition) is 1. The van der Waals surface area contributed by atoms with Gasteiger partial charge in [0.25, 0.3) is 5.56 Å². The van der Waals surface area contributed by atoms with E-state index in [0.717, 1.165) is 23.4 Å². The smallest absolute Gasteiger partial charge is 0.315 e. The SMILES string of the molecule is CCCCc1nc2ccc(Br)cc2c(=O)n1N=Cc1cc(OC)c(O)c([N+](=O)[O-])c1. The van der Waals surface area contributed by atoms with Crippen molar-refractivity contribution >= 4 is 38.7 Å². The lowest BCUT2D eigenvalue weighted by Crippen LogP contribution is -2.22. The molecule has 2 aromatic carbocycles. The Morgan fingerprint density at radius 2 is 2.13 bits per heavy atom. The fourth-order valence-electron chi connectivity index (χ4n) is 2.92. The van der Waals surface area contributed by atoms with Gasteiger partial charge < -0.3 is 9.84 Å². The van der Waals surface area contributed by atoms with Crippen LogP contribution < -0.4 is 10.3 Å². The zero-order valence-electron chi connectivity index (χ0n) is 16.3. The summed E-state index contributed by atoms with van der Waals surface area (Å²) in [5, 5.41) is 25.8. The second-order valence-corrected chi connectivity index (χ2v) is 7.42. The van der Waals surface area contributed by atoms with E-state index < -0.39 is 16.4 Å². The standard InChI is InChI=1S/C20H19BrN4O5/c1-3-4-5-18-23-15-7-6-13(21)10-14(15)20(27)24(18)22-11-12-8-16(25(28)29)19(26)17(9-12)30-2/h6-11,26H,3-5H2,1-2H3. The second-order valence-electron chi connectivity index (χ2n) is 6.50. The molecule has 3 aromatic rings. The number of aromatic hydroxyl groups is 1. The molecular formula is C20H19BrN4O5. The van der Waals surface area contributed by atoms with Crippen LogP contribution in [0.2, 0.25) is 0 Å². The molecule has 9 nitrogen and oxygen atoms in total. The molecule has 0 amide bonds. The highest BCUT2D eigenvalue weighted by atomic mass is 79.9.